The molecular weight excluding hydrogens is 328 g/mol. The predicted molar refractivity (Wildman–Crippen MR) is 95.1 cm³/mol. The van der Waals surface area contributed by atoms with E-state index in [0.29, 0.717) is 0 Å². The molecule has 0 amide bonds. The zero-order valence-corrected chi connectivity index (χ0v) is 15.8. The van der Waals surface area contributed by atoms with E-state index in [-0.39, 0.29) is 11.6 Å². The van der Waals surface area contributed by atoms with Gasteiger partial charge in [0.2, 0.25) is 0 Å². The molecule has 1 aromatic carbocycles. The first-order valence-electron chi connectivity index (χ1n) is 7.55. The third-order valence-corrected chi connectivity index (χ3v) is 3.63. The number of halogens is 1. The number of ether oxygens (including phenoxy) is 1. The molecular formula is C17H29BrN2O. The molecule has 0 saturated heterocycles. The summed E-state index contributed by atoms with van der Waals surface area (Å²) in [6.45, 7) is 13.2. The lowest BCUT2D eigenvalue weighted by Gasteiger charge is -2.26. The Morgan fingerprint density at radius 3 is 2.52 bits per heavy atom. The topological polar surface area (TPSA) is 24.5 Å². The molecule has 0 aromatic heterocycles. The van der Waals surface area contributed by atoms with Crippen molar-refractivity contribution in [2.45, 2.75) is 52.8 Å². The first-order chi connectivity index (χ1) is 9.69. The molecule has 1 rings (SSSR count). The Morgan fingerprint density at radius 2 is 1.95 bits per heavy atom. The molecule has 0 fully saturated rings. The molecule has 1 N–H and O–H groups in total. The Bertz CT molecular complexity index is 441. The largest absolute Gasteiger partial charge is 0.377 e. The number of likely N-dealkylation sites (N-methyl/N-ethyl adjacent to an activating group) is 1. The second-order valence-corrected chi connectivity index (χ2v) is 7.63. The highest BCUT2D eigenvalue weighted by molar-refractivity contribution is 9.10. The summed E-state index contributed by atoms with van der Waals surface area (Å²) in [6, 6.07) is 6.45. The van der Waals surface area contributed by atoms with Crippen LogP contribution in [0.15, 0.2) is 22.7 Å². The molecule has 0 aliphatic heterocycles. The fourth-order valence-corrected chi connectivity index (χ4v) is 2.38. The van der Waals surface area contributed by atoms with Crippen LogP contribution in [0.4, 0.5) is 5.69 Å². The van der Waals surface area contributed by atoms with Crippen molar-refractivity contribution < 1.29 is 4.74 Å². The Morgan fingerprint density at radius 1 is 1.29 bits per heavy atom. The van der Waals surface area contributed by atoms with E-state index in [1.165, 1.54) is 11.3 Å². The average Bonchev–Trinajstić information content (AvgIpc) is 2.35. The van der Waals surface area contributed by atoms with Crippen LogP contribution < -0.4 is 10.2 Å². The van der Waals surface area contributed by atoms with Gasteiger partial charge in [0.15, 0.2) is 0 Å². The second kappa shape index (κ2) is 8.16. The second-order valence-electron chi connectivity index (χ2n) is 6.72. The van der Waals surface area contributed by atoms with E-state index < -0.39 is 0 Å². The molecule has 0 saturated carbocycles. The van der Waals surface area contributed by atoms with Gasteiger partial charge >= 0.3 is 0 Å². The lowest BCUT2D eigenvalue weighted by molar-refractivity contribution is 0.0846. The Kier molecular flexibility index (Phi) is 7.17. The van der Waals surface area contributed by atoms with Crippen molar-refractivity contribution in [2.24, 2.45) is 0 Å². The van der Waals surface area contributed by atoms with Crippen LogP contribution in [0.2, 0.25) is 0 Å². The lowest BCUT2D eigenvalue weighted by atomic mass is 10.1. The van der Waals surface area contributed by atoms with E-state index >= 15 is 0 Å². The minimum Gasteiger partial charge on any atom is -0.377 e. The van der Waals surface area contributed by atoms with Gasteiger partial charge in [-0.2, -0.15) is 0 Å². The number of nitrogens with zero attached hydrogens (tertiary/aromatic N) is 1. The summed E-state index contributed by atoms with van der Waals surface area (Å²) >= 11 is 3.57. The van der Waals surface area contributed by atoms with Crippen molar-refractivity contribution in [1.29, 1.82) is 0 Å². The highest BCUT2D eigenvalue weighted by atomic mass is 79.9. The molecule has 0 aliphatic carbocycles. The fraction of sp³-hybridized carbons (Fsp3) is 0.647. The Labute approximate surface area is 138 Å². The standard InChI is InChI=1S/C17H29BrN2O/c1-13(2)21-10-9-20(6)16-8-7-15(18)11-14(16)12-19-17(3,4)5/h7-8,11,13,19H,9-10,12H2,1-6H3. The molecule has 21 heavy (non-hydrogen) atoms. The van der Waals surface area contributed by atoms with Crippen molar-refractivity contribution in [3.05, 3.63) is 28.2 Å². The van der Waals surface area contributed by atoms with E-state index in [2.05, 4.69) is 86.0 Å². The first-order valence-corrected chi connectivity index (χ1v) is 8.34. The molecule has 0 atom stereocenters. The molecule has 120 valence electrons. The van der Waals surface area contributed by atoms with Crippen LogP contribution >= 0.6 is 15.9 Å². The zero-order chi connectivity index (χ0) is 16.0. The van der Waals surface area contributed by atoms with Crippen LogP contribution in [0.1, 0.15) is 40.2 Å². The van der Waals surface area contributed by atoms with Gasteiger partial charge in [-0.05, 0) is 58.4 Å². The third kappa shape index (κ3) is 7.30. The van der Waals surface area contributed by atoms with Crippen LogP contribution in [0.25, 0.3) is 0 Å². The van der Waals surface area contributed by atoms with Crippen molar-refractivity contribution in [3.8, 4) is 0 Å². The molecule has 0 radical (unpaired) electrons. The predicted octanol–water partition coefficient (Wildman–Crippen LogP) is 4.20. The summed E-state index contributed by atoms with van der Waals surface area (Å²) in [5, 5.41) is 3.56. The number of benzene rings is 1. The van der Waals surface area contributed by atoms with Gasteiger partial charge in [0.05, 0.1) is 12.7 Å². The normalized spacial score (nSPS) is 12.0. The van der Waals surface area contributed by atoms with Gasteiger partial charge in [0.1, 0.15) is 0 Å². The lowest BCUT2D eigenvalue weighted by Crippen LogP contribution is -2.35. The maximum absolute atomic E-state index is 5.65. The van der Waals surface area contributed by atoms with Gasteiger partial charge in [0.25, 0.3) is 0 Å². The number of nitrogens with one attached hydrogen (secondary N) is 1. The quantitative estimate of drug-likeness (QED) is 0.792. The third-order valence-electron chi connectivity index (χ3n) is 3.14. The van der Waals surface area contributed by atoms with Gasteiger partial charge in [-0.1, -0.05) is 15.9 Å². The monoisotopic (exact) mass is 356 g/mol. The molecule has 3 nitrogen and oxygen atoms in total. The van der Waals surface area contributed by atoms with Crippen LogP contribution in [0.5, 0.6) is 0 Å². The van der Waals surface area contributed by atoms with Gasteiger partial charge < -0.3 is 15.0 Å². The van der Waals surface area contributed by atoms with Crippen molar-refractivity contribution >= 4 is 21.6 Å². The maximum Gasteiger partial charge on any atom is 0.0644 e. The van der Waals surface area contributed by atoms with E-state index in [0.717, 1.165) is 24.2 Å². The van der Waals surface area contributed by atoms with E-state index in [9.17, 15) is 0 Å². The van der Waals surface area contributed by atoms with Gasteiger partial charge in [-0.25, -0.2) is 0 Å². The van der Waals surface area contributed by atoms with Gasteiger partial charge in [0, 0.05) is 35.8 Å². The number of hydrogen-bond acceptors (Lipinski definition) is 3. The van der Waals surface area contributed by atoms with Crippen molar-refractivity contribution in [3.63, 3.8) is 0 Å². The number of rotatable bonds is 7. The fourth-order valence-electron chi connectivity index (χ4n) is 1.97. The average molecular weight is 357 g/mol. The van der Waals surface area contributed by atoms with Crippen LogP contribution in [0, 0.1) is 0 Å². The van der Waals surface area contributed by atoms with Crippen molar-refractivity contribution in [2.75, 3.05) is 25.1 Å². The summed E-state index contributed by atoms with van der Waals surface area (Å²) in [4.78, 5) is 2.26. The number of hydrogen-bond donors (Lipinski definition) is 1. The summed E-state index contributed by atoms with van der Waals surface area (Å²) < 4.78 is 6.76. The van der Waals surface area contributed by atoms with Crippen LogP contribution in [0.3, 0.4) is 0 Å². The van der Waals surface area contributed by atoms with E-state index in [1.807, 2.05) is 0 Å². The SMILES string of the molecule is CC(C)OCCN(C)c1ccc(Br)cc1CNC(C)(C)C. The summed E-state index contributed by atoms with van der Waals surface area (Å²) in [7, 11) is 2.12. The molecule has 0 heterocycles. The summed E-state index contributed by atoms with van der Waals surface area (Å²) in [5.74, 6) is 0. The maximum atomic E-state index is 5.65. The van der Waals surface area contributed by atoms with Crippen molar-refractivity contribution in [1.82, 2.24) is 5.32 Å². The zero-order valence-electron chi connectivity index (χ0n) is 14.2. The Balaban J connectivity index is 2.75. The van der Waals surface area contributed by atoms with Gasteiger partial charge in [-0.3, -0.25) is 0 Å². The minimum atomic E-state index is 0.110. The van der Waals surface area contributed by atoms with Gasteiger partial charge in [-0.15, -0.1) is 0 Å². The molecule has 1 aromatic rings. The smallest absolute Gasteiger partial charge is 0.0644 e. The molecule has 0 spiro atoms. The Hall–Kier alpha value is -0.580. The highest BCUT2D eigenvalue weighted by Crippen LogP contribution is 2.24. The molecule has 0 unspecified atom stereocenters. The van der Waals surface area contributed by atoms with Crippen LogP contribution in [-0.4, -0.2) is 31.8 Å². The van der Waals surface area contributed by atoms with Crippen LogP contribution in [-0.2, 0) is 11.3 Å². The summed E-state index contributed by atoms with van der Waals surface area (Å²) in [5.41, 5.74) is 2.66. The number of anilines is 1. The molecule has 4 heteroatoms. The summed E-state index contributed by atoms with van der Waals surface area (Å²) in [6.07, 6.45) is 0.283. The molecule has 0 aliphatic rings. The van der Waals surface area contributed by atoms with E-state index in [1.54, 1.807) is 0 Å². The first kappa shape index (κ1) is 18.5. The minimum absolute atomic E-state index is 0.110. The van der Waals surface area contributed by atoms with E-state index in [4.69, 9.17) is 4.74 Å². The highest BCUT2D eigenvalue weighted by Gasteiger charge is 2.13. The molecule has 0 bridgehead atoms.